The van der Waals surface area contributed by atoms with Gasteiger partial charge in [-0.3, -0.25) is 4.68 Å². The van der Waals surface area contributed by atoms with E-state index in [9.17, 15) is 0 Å². The lowest BCUT2D eigenvalue weighted by Crippen LogP contribution is -2.44. The highest BCUT2D eigenvalue weighted by molar-refractivity contribution is 5.86. The highest BCUT2D eigenvalue weighted by Gasteiger charge is 2.26. The van der Waals surface area contributed by atoms with Crippen LogP contribution in [0.5, 0.6) is 0 Å². The van der Waals surface area contributed by atoms with Crippen molar-refractivity contribution in [3.63, 3.8) is 0 Å². The minimum Gasteiger partial charge on any atom is -0.367 e. The molecule has 0 aliphatic heterocycles. The molecule has 0 atom stereocenters. The number of aryl methyl sites for hydroxylation is 1. The van der Waals surface area contributed by atoms with Gasteiger partial charge in [0.05, 0.1) is 11.6 Å². The van der Waals surface area contributed by atoms with Gasteiger partial charge < -0.3 is 11.1 Å². The van der Waals surface area contributed by atoms with E-state index in [-0.39, 0.29) is 0 Å². The molecule has 1 aliphatic carbocycles. The molecule has 0 unspecified atom stereocenters. The molecule has 3 N–H and O–H groups in total. The molecule has 6 heteroatoms. The van der Waals surface area contributed by atoms with Gasteiger partial charge in [-0.25, -0.2) is 9.97 Å². The fraction of sp³-hybridized carbons (Fsp3) is 0.500. The first-order valence-corrected chi connectivity index (χ1v) is 5.39. The topological polar surface area (TPSA) is 81.7 Å². The van der Waals surface area contributed by atoms with Gasteiger partial charge in [-0.2, -0.15) is 5.10 Å². The monoisotopic (exact) mass is 218 g/mol. The van der Waals surface area contributed by atoms with E-state index in [2.05, 4.69) is 20.4 Å². The van der Waals surface area contributed by atoms with E-state index < -0.39 is 0 Å². The zero-order chi connectivity index (χ0) is 11.1. The van der Waals surface area contributed by atoms with Crippen LogP contribution in [0.2, 0.25) is 0 Å². The van der Waals surface area contributed by atoms with Crippen molar-refractivity contribution in [1.29, 1.82) is 0 Å². The van der Waals surface area contributed by atoms with Crippen LogP contribution in [-0.2, 0) is 7.05 Å². The molecule has 0 saturated heterocycles. The highest BCUT2D eigenvalue weighted by atomic mass is 15.3. The number of hydrogen-bond acceptors (Lipinski definition) is 5. The van der Waals surface area contributed by atoms with Gasteiger partial charge in [-0.1, -0.05) is 0 Å². The molecule has 1 saturated carbocycles. The third kappa shape index (κ3) is 1.42. The molecule has 0 bridgehead atoms. The molecule has 0 spiro atoms. The van der Waals surface area contributed by atoms with Gasteiger partial charge >= 0.3 is 0 Å². The lowest BCUT2D eigenvalue weighted by molar-refractivity contribution is 0.373. The summed E-state index contributed by atoms with van der Waals surface area (Å²) in [5.74, 6) is 0.856. The number of nitrogens with two attached hydrogens (primary N) is 1. The van der Waals surface area contributed by atoms with Gasteiger partial charge in [0.1, 0.15) is 12.1 Å². The third-order valence-corrected chi connectivity index (χ3v) is 3.04. The minimum atomic E-state index is 0.337. The smallest absolute Gasteiger partial charge is 0.163 e. The van der Waals surface area contributed by atoms with Crippen molar-refractivity contribution in [2.75, 3.05) is 5.32 Å². The standard InChI is InChI=1S/C10H14N6/c1-16-10-8(4-14-16)9(12-5-13-10)15-7-2-6(11)3-7/h4-7H,2-3,11H2,1H3,(H,12,13,15). The maximum atomic E-state index is 5.75. The summed E-state index contributed by atoms with van der Waals surface area (Å²) in [7, 11) is 1.87. The zero-order valence-electron chi connectivity index (χ0n) is 9.09. The second-order valence-corrected chi connectivity index (χ2v) is 4.30. The zero-order valence-corrected chi connectivity index (χ0v) is 9.09. The van der Waals surface area contributed by atoms with Crippen LogP contribution >= 0.6 is 0 Å². The second kappa shape index (κ2) is 3.41. The molecule has 0 radical (unpaired) electrons. The fourth-order valence-electron chi connectivity index (χ4n) is 2.05. The maximum Gasteiger partial charge on any atom is 0.163 e. The second-order valence-electron chi connectivity index (χ2n) is 4.30. The van der Waals surface area contributed by atoms with Crippen LogP contribution in [0.4, 0.5) is 5.82 Å². The number of aromatic nitrogens is 4. The van der Waals surface area contributed by atoms with Gasteiger partial charge in [-0.15, -0.1) is 0 Å². The van der Waals surface area contributed by atoms with Crippen LogP contribution in [0.25, 0.3) is 11.0 Å². The first-order valence-electron chi connectivity index (χ1n) is 5.39. The van der Waals surface area contributed by atoms with Crippen LogP contribution in [0.15, 0.2) is 12.5 Å². The van der Waals surface area contributed by atoms with E-state index in [0.717, 1.165) is 29.7 Å². The van der Waals surface area contributed by atoms with Gasteiger partial charge in [-0.05, 0) is 12.8 Å². The molecule has 6 nitrogen and oxygen atoms in total. The lowest BCUT2D eigenvalue weighted by Gasteiger charge is -2.33. The Morgan fingerprint density at radius 2 is 2.25 bits per heavy atom. The largest absolute Gasteiger partial charge is 0.367 e. The Kier molecular flexibility index (Phi) is 2.03. The number of hydrogen-bond donors (Lipinski definition) is 2. The molecule has 2 aromatic heterocycles. The first kappa shape index (κ1) is 9.53. The van der Waals surface area contributed by atoms with Gasteiger partial charge in [0.2, 0.25) is 0 Å². The predicted octanol–water partition coefficient (Wildman–Crippen LogP) is 0.265. The lowest BCUT2D eigenvalue weighted by atomic mass is 9.87. The summed E-state index contributed by atoms with van der Waals surface area (Å²) >= 11 is 0. The van der Waals surface area contributed by atoms with E-state index >= 15 is 0 Å². The Morgan fingerprint density at radius 3 is 3.00 bits per heavy atom. The first-order chi connectivity index (χ1) is 7.74. The summed E-state index contributed by atoms with van der Waals surface area (Å²) in [6.07, 6.45) is 5.36. The van der Waals surface area contributed by atoms with E-state index in [0.29, 0.717) is 12.1 Å². The molecule has 0 aromatic carbocycles. The SMILES string of the molecule is Cn1ncc2c(NC3CC(N)C3)ncnc21. The van der Waals surface area contributed by atoms with Crippen LogP contribution in [0, 0.1) is 0 Å². The summed E-state index contributed by atoms with van der Waals surface area (Å²) in [6, 6.07) is 0.775. The van der Waals surface area contributed by atoms with Crippen molar-refractivity contribution < 1.29 is 0 Å². The van der Waals surface area contributed by atoms with Crippen LogP contribution < -0.4 is 11.1 Å². The molecule has 84 valence electrons. The number of nitrogens with one attached hydrogen (secondary N) is 1. The van der Waals surface area contributed by atoms with Crippen molar-refractivity contribution in [1.82, 2.24) is 19.7 Å². The quantitative estimate of drug-likeness (QED) is 0.756. The number of fused-ring (bicyclic) bond motifs is 1. The summed E-state index contributed by atoms with van der Waals surface area (Å²) in [4.78, 5) is 8.44. The van der Waals surface area contributed by atoms with E-state index in [4.69, 9.17) is 5.73 Å². The van der Waals surface area contributed by atoms with E-state index in [1.54, 1.807) is 17.2 Å². The minimum absolute atomic E-state index is 0.337. The average molecular weight is 218 g/mol. The van der Waals surface area contributed by atoms with E-state index in [1.807, 2.05) is 7.05 Å². The summed E-state index contributed by atoms with van der Waals surface area (Å²) in [5, 5.41) is 8.52. The molecule has 2 aromatic rings. The van der Waals surface area contributed by atoms with Crippen molar-refractivity contribution in [3.05, 3.63) is 12.5 Å². The Balaban J connectivity index is 1.91. The predicted molar refractivity (Wildman–Crippen MR) is 60.9 cm³/mol. The Hall–Kier alpha value is -1.69. The molecule has 2 heterocycles. The summed E-state index contributed by atoms with van der Waals surface area (Å²) in [5.41, 5.74) is 6.60. The van der Waals surface area contributed by atoms with Crippen molar-refractivity contribution in [2.24, 2.45) is 12.8 Å². The van der Waals surface area contributed by atoms with Crippen molar-refractivity contribution >= 4 is 16.9 Å². The Morgan fingerprint density at radius 1 is 1.44 bits per heavy atom. The summed E-state index contributed by atoms with van der Waals surface area (Å²) < 4.78 is 1.74. The third-order valence-electron chi connectivity index (χ3n) is 3.04. The van der Waals surface area contributed by atoms with Gasteiger partial charge in [0.15, 0.2) is 5.65 Å². The molecular weight excluding hydrogens is 204 g/mol. The fourth-order valence-corrected chi connectivity index (χ4v) is 2.05. The van der Waals surface area contributed by atoms with E-state index in [1.165, 1.54) is 0 Å². The van der Waals surface area contributed by atoms with Crippen LogP contribution in [0.3, 0.4) is 0 Å². The molecule has 16 heavy (non-hydrogen) atoms. The van der Waals surface area contributed by atoms with Crippen LogP contribution in [0.1, 0.15) is 12.8 Å². The molecular formula is C10H14N6. The van der Waals surface area contributed by atoms with Crippen molar-refractivity contribution in [2.45, 2.75) is 24.9 Å². The maximum absolute atomic E-state index is 5.75. The van der Waals surface area contributed by atoms with Gasteiger partial charge in [0.25, 0.3) is 0 Å². The molecule has 3 rings (SSSR count). The van der Waals surface area contributed by atoms with Gasteiger partial charge in [0, 0.05) is 19.1 Å². The highest BCUT2D eigenvalue weighted by Crippen LogP contribution is 2.25. The Labute approximate surface area is 92.9 Å². The molecule has 1 aliphatic rings. The van der Waals surface area contributed by atoms with Crippen molar-refractivity contribution in [3.8, 4) is 0 Å². The normalized spacial score (nSPS) is 24.4. The average Bonchev–Trinajstić information content (AvgIpc) is 2.60. The Bertz CT molecular complexity index is 513. The summed E-state index contributed by atoms with van der Waals surface area (Å²) in [6.45, 7) is 0. The number of nitrogens with zero attached hydrogens (tertiary/aromatic N) is 4. The van der Waals surface area contributed by atoms with Crippen LogP contribution in [-0.4, -0.2) is 31.8 Å². The molecule has 0 amide bonds. The number of rotatable bonds is 2. The molecule has 1 fully saturated rings. The number of anilines is 1.